The summed E-state index contributed by atoms with van der Waals surface area (Å²) in [5.74, 6) is 3.29. The molecule has 108 valence electrons. The first kappa shape index (κ1) is 13.9. The second-order valence-corrected chi connectivity index (χ2v) is 5.93. The van der Waals surface area contributed by atoms with Crippen LogP contribution >= 0.6 is 11.3 Å². The predicted molar refractivity (Wildman–Crippen MR) is 85.7 cm³/mol. The van der Waals surface area contributed by atoms with E-state index in [1.54, 1.807) is 0 Å². The largest absolute Gasteiger partial charge is 0.388 e. The van der Waals surface area contributed by atoms with Crippen molar-refractivity contribution in [3.05, 3.63) is 22.8 Å². The molecule has 0 radical (unpaired) electrons. The maximum absolute atomic E-state index is 10.2. The summed E-state index contributed by atoms with van der Waals surface area (Å²) >= 11 is 1.54. The van der Waals surface area contributed by atoms with Gasteiger partial charge in [-0.2, -0.15) is 0 Å². The standard InChI is InChI=1S/C15H16N4OS/c1-4-5-6-11(20)12-7-10-15(21-12)19-9(2)8-17-14(19)13(16-3)18-10/h1,7-8,11,20H,5-6H2,2-3H3,(H,16,18). The molecule has 1 atom stereocenters. The lowest BCUT2D eigenvalue weighted by Gasteiger charge is -2.04. The van der Waals surface area contributed by atoms with Crippen LogP contribution in [0.2, 0.25) is 0 Å². The number of rotatable bonds is 4. The summed E-state index contributed by atoms with van der Waals surface area (Å²) in [5.41, 5.74) is 2.70. The van der Waals surface area contributed by atoms with E-state index in [0.717, 1.165) is 32.4 Å². The Morgan fingerprint density at radius 2 is 2.38 bits per heavy atom. The number of thiophene rings is 1. The molecule has 1 unspecified atom stereocenters. The lowest BCUT2D eigenvalue weighted by molar-refractivity contribution is 0.173. The molecule has 21 heavy (non-hydrogen) atoms. The van der Waals surface area contributed by atoms with E-state index in [0.29, 0.717) is 12.8 Å². The molecular formula is C15H16N4OS. The highest BCUT2D eigenvalue weighted by Crippen LogP contribution is 2.33. The Balaban J connectivity index is 2.19. The molecule has 3 aromatic heterocycles. The van der Waals surface area contributed by atoms with Gasteiger partial charge in [0.25, 0.3) is 0 Å². The lowest BCUT2D eigenvalue weighted by atomic mass is 10.2. The van der Waals surface area contributed by atoms with Gasteiger partial charge in [-0.1, -0.05) is 0 Å². The van der Waals surface area contributed by atoms with Crippen LogP contribution in [0.3, 0.4) is 0 Å². The maximum Gasteiger partial charge on any atom is 0.181 e. The van der Waals surface area contributed by atoms with Crippen molar-refractivity contribution in [1.29, 1.82) is 0 Å². The van der Waals surface area contributed by atoms with E-state index < -0.39 is 6.10 Å². The van der Waals surface area contributed by atoms with Crippen molar-refractivity contribution in [2.75, 3.05) is 12.4 Å². The summed E-state index contributed by atoms with van der Waals surface area (Å²) in [4.78, 5) is 10.9. The molecule has 0 aliphatic carbocycles. The highest BCUT2D eigenvalue weighted by Gasteiger charge is 2.17. The quantitative estimate of drug-likeness (QED) is 0.727. The summed E-state index contributed by atoms with van der Waals surface area (Å²) in [5, 5.41) is 13.3. The summed E-state index contributed by atoms with van der Waals surface area (Å²) < 4.78 is 2.07. The summed E-state index contributed by atoms with van der Waals surface area (Å²) in [6, 6.07) is 1.93. The number of aromatic nitrogens is 3. The van der Waals surface area contributed by atoms with Gasteiger partial charge in [-0.05, 0) is 19.4 Å². The van der Waals surface area contributed by atoms with Crippen molar-refractivity contribution < 1.29 is 5.11 Å². The summed E-state index contributed by atoms with van der Waals surface area (Å²) in [7, 11) is 1.83. The zero-order valence-corrected chi connectivity index (χ0v) is 12.7. The molecule has 0 bridgehead atoms. The first-order valence-electron chi connectivity index (χ1n) is 6.72. The molecule has 0 spiro atoms. The van der Waals surface area contributed by atoms with Crippen molar-refractivity contribution in [2.24, 2.45) is 0 Å². The summed E-state index contributed by atoms with van der Waals surface area (Å²) in [6.07, 6.45) is 7.66. The van der Waals surface area contributed by atoms with Crippen LogP contribution in [0.1, 0.15) is 29.5 Å². The number of aryl methyl sites for hydroxylation is 1. The Kier molecular flexibility index (Phi) is 3.53. The van der Waals surface area contributed by atoms with Crippen molar-refractivity contribution in [3.8, 4) is 12.3 Å². The SMILES string of the molecule is C#CCCC(O)c1cc2nc(NC)c3ncc(C)n3c2s1. The van der Waals surface area contributed by atoms with E-state index in [1.807, 2.05) is 26.2 Å². The van der Waals surface area contributed by atoms with E-state index in [9.17, 15) is 5.11 Å². The molecule has 0 aliphatic heterocycles. The Morgan fingerprint density at radius 3 is 3.10 bits per heavy atom. The van der Waals surface area contributed by atoms with Crippen molar-refractivity contribution in [2.45, 2.75) is 25.9 Å². The zero-order chi connectivity index (χ0) is 15.0. The number of hydrogen-bond acceptors (Lipinski definition) is 5. The second-order valence-electron chi connectivity index (χ2n) is 4.87. The summed E-state index contributed by atoms with van der Waals surface area (Å²) in [6.45, 7) is 2.01. The van der Waals surface area contributed by atoms with Gasteiger partial charge in [0.1, 0.15) is 10.3 Å². The van der Waals surface area contributed by atoms with Crippen LogP contribution < -0.4 is 5.32 Å². The smallest absolute Gasteiger partial charge is 0.181 e. The zero-order valence-electron chi connectivity index (χ0n) is 11.9. The van der Waals surface area contributed by atoms with Gasteiger partial charge in [0.05, 0.1) is 6.10 Å². The topological polar surface area (TPSA) is 62.5 Å². The third-order valence-electron chi connectivity index (χ3n) is 3.43. The van der Waals surface area contributed by atoms with Crippen LogP contribution in [-0.4, -0.2) is 26.5 Å². The minimum atomic E-state index is -0.544. The average Bonchev–Trinajstić information content (AvgIpc) is 3.07. The van der Waals surface area contributed by atoms with Crippen LogP contribution in [-0.2, 0) is 0 Å². The molecule has 2 N–H and O–H groups in total. The van der Waals surface area contributed by atoms with Gasteiger partial charge in [-0.3, -0.25) is 4.40 Å². The molecule has 0 saturated carbocycles. The monoisotopic (exact) mass is 300 g/mol. The molecule has 3 heterocycles. The minimum Gasteiger partial charge on any atom is -0.388 e. The number of hydrogen-bond donors (Lipinski definition) is 2. The van der Waals surface area contributed by atoms with Crippen LogP contribution in [0.5, 0.6) is 0 Å². The molecular weight excluding hydrogens is 284 g/mol. The number of imidazole rings is 1. The Morgan fingerprint density at radius 1 is 1.57 bits per heavy atom. The van der Waals surface area contributed by atoms with E-state index in [4.69, 9.17) is 6.42 Å². The Hall–Kier alpha value is -2.10. The molecule has 0 fully saturated rings. The third-order valence-corrected chi connectivity index (χ3v) is 4.64. The second kappa shape index (κ2) is 5.35. The maximum atomic E-state index is 10.2. The fourth-order valence-electron chi connectivity index (χ4n) is 2.36. The van der Waals surface area contributed by atoms with Gasteiger partial charge in [0.2, 0.25) is 0 Å². The van der Waals surface area contributed by atoms with Crippen LogP contribution in [0.25, 0.3) is 16.0 Å². The van der Waals surface area contributed by atoms with Gasteiger partial charge in [0.15, 0.2) is 11.5 Å². The fourth-order valence-corrected chi connectivity index (χ4v) is 3.53. The Labute approximate surface area is 126 Å². The molecule has 0 aliphatic rings. The third kappa shape index (κ3) is 2.24. The average molecular weight is 300 g/mol. The highest BCUT2D eigenvalue weighted by molar-refractivity contribution is 7.18. The normalized spacial score (nSPS) is 12.7. The number of aliphatic hydroxyl groups excluding tert-OH is 1. The minimum absolute atomic E-state index is 0.544. The van der Waals surface area contributed by atoms with E-state index >= 15 is 0 Å². The lowest BCUT2D eigenvalue weighted by Crippen LogP contribution is -1.98. The number of fused-ring (bicyclic) bond motifs is 3. The molecule has 0 aromatic carbocycles. The Bertz CT molecular complexity index is 843. The number of aliphatic hydroxyl groups is 1. The van der Waals surface area contributed by atoms with Crippen molar-refractivity contribution >= 4 is 33.1 Å². The van der Waals surface area contributed by atoms with Gasteiger partial charge < -0.3 is 10.4 Å². The molecule has 0 amide bonds. The molecule has 0 saturated heterocycles. The van der Waals surface area contributed by atoms with E-state index in [1.165, 1.54) is 11.3 Å². The van der Waals surface area contributed by atoms with Crippen molar-refractivity contribution in [3.63, 3.8) is 0 Å². The van der Waals surface area contributed by atoms with Gasteiger partial charge >= 0.3 is 0 Å². The van der Waals surface area contributed by atoms with Crippen LogP contribution in [0.4, 0.5) is 5.82 Å². The fraction of sp³-hybridized carbons (Fsp3) is 0.333. The number of terminal acetylenes is 1. The van der Waals surface area contributed by atoms with Crippen molar-refractivity contribution in [1.82, 2.24) is 14.4 Å². The molecule has 6 heteroatoms. The van der Waals surface area contributed by atoms with Crippen LogP contribution in [0, 0.1) is 19.3 Å². The molecule has 3 aromatic rings. The highest BCUT2D eigenvalue weighted by atomic mass is 32.1. The number of nitrogens with one attached hydrogen (secondary N) is 1. The van der Waals surface area contributed by atoms with Gasteiger partial charge in [-0.15, -0.1) is 23.7 Å². The first-order chi connectivity index (χ1) is 10.2. The van der Waals surface area contributed by atoms with E-state index in [-0.39, 0.29) is 0 Å². The first-order valence-corrected chi connectivity index (χ1v) is 7.54. The van der Waals surface area contributed by atoms with Gasteiger partial charge in [-0.25, -0.2) is 9.97 Å². The molecule has 5 nitrogen and oxygen atoms in total. The predicted octanol–water partition coefficient (Wildman–Crippen LogP) is 2.74. The van der Waals surface area contributed by atoms with Gasteiger partial charge in [0, 0.05) is 30.2 Å². The van der Waals surface area contributed by atoms with Crippen LogP contribution in [0.15, 0.2) is 12.3 Å². The number of anilines is 1. The number of nitrogens with zero attached hydrogens (tertiary/aromatic N) is 3. The van der Waals surface area contributed by atoms with E-state index in [2.05, 4.69) is 25.6 Å². The molecule has 3 rings (SSSR count).